The number of thiophene rings is 1. The first kappa shape index (κ1) is 20.7. The molecule has 0 aliphatic heterocycles. The van der Waals surface area contributed by atoms with Gasteiger partial charge in [0.2, 0.25) is 0 Å². The minimum absolute atomic E-state index is 0.0302. The molecule has 1 aromatic carbocycles. The van der Waals surface area contributed by atoms with Gasteiger partial charge in [-0.1, -0.05) is 32.0 Å². The monoisotopic (exact) mass is 412 g/mol. The lowest BCUT2D eigenvalue weighted by molar-refractivity contribution is -0.386. The Morgan fingerprint density at radius 1 is 1.24 bits per heavy atom. The van der Waals surface area contributed by atoms with Gasteiger partial charge in [-0.15, -0.1) is 11.3 Å². The molecule has 0 aliphatic rings. The van der Waals surface area contributed by atoms with Crippen LogP contribution in [0.1, 0.15) is 52.1 Å². The Balaban J connectivity index is 1.72. The second kappa shape index (κ2) is 8.57. The molecule has 2 heterocycles. The minimum atomic E-state index is -0.402. The van der Waals surface area contributed by atoms with E-state index in [1.165, 1.54) is 0 Å². The molecule has 8 heteroatoms. The lowest BCUT2D eigenvalue weighted by Crippen LogP contribution is -2.31. The predicted molar refractivity (Wildman–Crippen MR) is 113 cm³/mol. The van der Waals surface area contributed by atoms with Gasteiger partial charge in [0.05, 0.1) is 17.5 Å². The van der Waals surface area contributed by atoms with Crippen molar-refractivity contribution in [3.05, 3.63) is 79.3 Å². The Morgan fingerprint density at radius 3 is 2.45 bits per heavy atom. The second-order valence-electron chi connectivity index (χ2n) is 7.34. The van der Waals surface area contributed by atoms with E-state index < -0.39 is 4.92 Å². The first-order valence-corrected chi connectivity index (χ1v) is 10.3. The Bertz CT molecular complexity index is 1010. The molecule has 0 bridgehead atoms. The van der Waals surface area contributed by atoms with Gasteiger partial charge in [0.25, 0.3) is 5.91 Å². The fourth-order valence-corrected chi connectivity index (χ4v) is 4.25. The molecular weight excluding hydrogens is 388 g/mol. The Labute approximate surface area is 173 Å². The summed E-state index contributed by atoms with van der Waals surface area (Å²) in [5.41, 5.74) is 2.46. The van der Waals surface area contributed by atoms with Crippen molar-refractivity contribution in [2.45, 2.75) is 40.3 Å². The number of nitrogens with one attached hydrogen (secondary N) is 1. The summed E-state index contributed by atoms with van der Waals surface area (Å²) in [5, 5.41) is 20.6. The van der Waals surface area contributed by atoms with Crippen molar-refractivity contribution < 1.29 is 9.72 Å². The van der Waals surface area contributed by atoms with Crippen LogP contribution in [0.15, 0.2) is 41.8 Å². The van der Waals surface area contributed by atoms with E-state index in [4.69, 9.17) is 0 Å². The van der Waals surface area contributed by atoms with E-state index in [1.807, 2.05) is 29.6 Å². The topological polar surface area (TPSA) is 90.1 Å². The van der Waals surface area contributed by atoms with Crippen molar-refractivity contribution in [1.82, 2.24) is 15.1 Å². The molecule has 152 valence electrons. The van der Waals surface area contributed by atoms with Crippen LogP contribution in [-0.2, 0) is 6.54 Å². The fraction of sp³-hybridized carbons (Fsp3) is 0.333. The highest BCUT2D eigenvalue weighted by molar-refractivity contribution is 7.10. The molecule has 1 atom stereocenters. The molecular formula is C21H24N4O3S. The Hall–Kier alpha value is -3.00. The molecule has 3 aromatic rings. The van der Waals surface area contributed by atoms with E-state index in [-0.39, 0.29) is 23.6 Å². The van der Waals surface area contributed by atoms with Crippen molar-refractivity contribution in [1.29, 1.82) is 0 Å². The average Bonchev–Trinajstić information content (AvgIpc) is 3.28. The molecule has 0 radical (unpaired) electrons. The van der Waals surface area contributed by atoms with Crippen LogP contribution in [0.2, 0.25) is 0 Å². The maximum atomic E-state index is 12.7. The molecule has 0 spiro atoms. The van der Waals surface area contributed by atoms with Gasteiger partial charge in [0.1, 0.15) is 11.4 Å². The summed E-state index contributed by atoms with van der Waals surface area (Å²) in [6.45, 7) is 7.90. The van der Waals surface area contributed by atoms with E-state index in [0.29, 0.717) is 23.5 Å². The van der Waals surface area contributed by atoms with Crippen LogP contribution in [0.3, 0.4) is 0 Å². The number of rotatable bonds is 7. The third-order valence-corrected chi connectivity index (χ3v) is 5.83. The van der Waals surface area contributed by atoms with Crippen LogP contribution in [0.4, 0.5) is 5.69 Å². The molecule has 1 amide bonds. The van der Waals surface area contributed by atoms with Crippen LogP contribution in [-0.4, -0.2) is 20.6 Å². The summed E-state index contributed by atoms with van der Waals surface area (Å²) < 4.78 is 1.62. The quantitative estimate of drug-likeness (QED) is 0.452. The number of carbonyl (C=O) groups is 1. The molecule has 7 nitrogen and oxygen atoms in total. The largest absolute Gasteiger partial charge is 0.344 e. The second-order valence-corrected chi connectivity index (χ2v) is 8.32. The van der Waals surface area contributed by atoms with E-state index in [2.05, 4.69) is 24.3 Å². The zero-order valence-electron chi connectivity index (χ0n) is 16.9. The molecule has 0 unspecified atom stereocenters. The highest BCUT2D eigenvalue weighted by Crippen LogP contribution is 2.26. The summed E-state index contributed by atoms with van der Waals surface area (Å²) in [7, 11) is 0. The average molecular weight is 413 g/mol. The van der Waals surface area contributed by atoms with Gasteiger partial charge >= 0.3 is 5.69 Å². The highest BCUT2D eigenvalue weighted by Gasteiger charge is 2.22. The normalized spacial score (nSPS) is 12.2. The van der Waals surface area contributed by atoms with Gasteiger partial charge < -0.3 is 5.32 Å². The van der Waals surface area contributed by atoms with E-state index in [9.17, 15) is 14.9 Å². The highest BCUT2D eigenvalue weighted by atomic mass is 32.1. The van der Waals surface area contributed by atoms with Gasteiger partial charge in [-0.3, -0.25) is 19.6 Å². The number of aryl methyl sites for hydroxylation is 1. The number of amides is 1. The number of hydrogen-bond donors (Lipinski definition) is 1. The molecule has 0 fully saturated rings. The van der Waals surface area contributed by atoms with Crippen LogP contribution in [0, 0.1) is 29.9 Å². The fourth-order valence-electron chi connectivity index (χ4n) is 3.30. The molecule has 2 aromatic heterocycles. The smallest absolute Gasteiger partial charge is 0.312 e. The number of nitrogens with zero attached hydrogens (tertiary/aromatic N) is 3. The Morgan fingerprint density at radius 2 is 1.93 bits per heavy atom. The van der Waals surface area contributed by atoms with Crippen LogP contribution < -0.4 is 5.32 Å². The van der Waals surface area contributed by atoms with Crippen LogP contribution in [0.5, 0.6) is 0 Å². The van der Waals surface area contributed by atoms with Crippen LogP contribution >= 0.6 is 11.3 Å². The predicted octanol–water partition coefficient (Wildman–Crippen LogP) is 4.65. The minimum Gasteiger partial charge on any atom is -0.344 e. The van der Waals surface area contributed by atoms with Crippen molar-refractivity contribution >= 4 is 22.9 Å². The lowest BCUT2D eigenvalue weighted by atomic mass is 10.0. The van der Waals surface area contributed by atoms with Gasteiger partial charge in [0, 0.05) is 10.4 Å². The number of hydrogen-bond acceptors (Lipinski definition) is 5. The van der Waals surface area contributed by atoms with Crippen molar-refractivity contribution in [2.75, 3.05) is 0 Å². The number of benzene rings is 1. The molecule has 0 saturated heterocycles. The maximum absolute atomic E-state index is 12.7. The van der Waals surface area contributed by atoms with E-state index in [0.717, 1.165) is 10.4 Å². The van der Waals surface area contributed by atoms with Crippen molar-refractivity contribution in [3.8, 4) is 0 Å². The van der Waals surface area contributed by atoms with E-state index in [1.54, 1.807) is 42.0 Å². The van der Waals surface area contributed by atoms with E-state index >= 15 is 0 Å². The summed E-state index contributed by atoms with van der Waals surface area (Å²) in [4.78, 5) is 24.6. The molecule has 3 rings (SSSR count). The molecule has 0 saturated carbocycles. The van der Waals surface area contributed by atoms with Gasteiger partial charge in [-0.05, 0) is 48.9 Å². The SMILES string of the molecule is Cc1nn(Cc2ccc(C(=O)N[C@H](c3cccs3)C(C)C)cc2)c(C)c1[N+](=O)[O-]. The lowest BCUT2D eigenvalue weighted by Gasteiger charge is -2.21. The van der Waals surface area contributed by atoms with Gasteiger partial charge in [-0.2, -0.15) is 5.10 Å². The number of aromatic nitrogens is 2. The van der Waals surface area contributed by atoms with Crippen molar-refractivity contribution in [3.63, 3.8) is 0 Å². The Kier molecular flexibility index (Phi) is 6.12. The third kappa shape index (κ3) is 4.54. The first-order chi connectivity index (χ1) is 13.8. The molecule has 1 N–H and O–H groups in total. The zero-order chi connectivity index (χ0) is 21.1. The molecule has 29 heavy (non-hydrogen) atoms. The maximum Gasteiger partial charge on any atom is 0.312 e. The summed E-state index contributed by atoms with van der Waals surface area (Å²) in [6, 6.07) is 11.2. The van der Waals surface area contributed by atoms with Gasteiger partial charge in [-0.25, -0.2) is 0 Å². The summed E-state index contributed by atoms with van der Waals surface area (Å²) in [6.07, 6.45) is 0. The number of carbonyl (C=O) groups excluding carboxylic acids is 1. The standard InChI is InChI=1S/C21H24N4O3S/c1-13(2)19(18-6-5-11-29-18)22-21(26)17-9-7-16(8-10-17)12-24-15(4)20(25(27)28)14(3)23-24/h5-11,13,19H,12H2,1-4H3,(H,22,26)/t19-/m0/s1. The summed E-state index contributed by atoms with van der Waals surface area (Å²) >= 11 is 1.63. The third-order valence-electron chi connectivity index (χ3n) is 4.88. The van der Waals surface area contributed by atoms with Crippen LogP contribution in [0.25, 0.3) is 0 Å². The molecule has 0 aliphatic carbocycles. The zero-order valence-corrected chi connectivity index (χ0v) is 17.7. The van der Waals surface area contributed by atoms with Gasteiger partial charge in [0.15, 0.2) is 0 Å². The first-order valence-electron chi connectivity index (χ1n) is 9.39. The summed E-state index contributed by atoms with van der Waals surface area (Å²) in [5.74, 6) is 0.157. The number of nitro groups is 1. The van der Waals surface area contributed by atoms with Crippen molar-refractivity contribution in [2.24, 2.45) is 5.92 Å².